The molecule has 1 N–H and O–H groups in total. The van der Waals surface area contributed by atoms with E-state index in [0.717, 1.165) is 4.90 Å². The number of aliphatic hydroxyl groups is 1. The van der Waals surface area contributed by atoms with Crippen molar-refractivity contribution >= 4 is 69.5 Å². The van der Waals surface area contributed by atoms with E-state index in [2.05, 4.69) is 0 Å². The van der Waals surface area contributed by atoms with Crippen LogP contribution in [0, 0.1) is 0 Å². The van der Waals surface area contributed by atoms with Gasteiger partial charge in [0.2, 0.25) is 0 Å². The normalized spacial score (nSPS) is 14.8. The van der Waals surface area contributed by atoms with E-state index in [1.54, 1.807) is 0 Å². The summed E-state index contributed by atoms with van der Waals surface area (Å²) in [6.45, 7) is 0. The first-order chi connectivity index (χ1) is 11.3. The van der Waals surface area contributed by atoms with Crippen molar-refractivity contribution in [3.05, 3.63) is 67.8 Å². The van der Waals surface area contributed by atoms with Crippen LogP contribution in [-0.2, 0) is 9.59 Å². The van der Waals surface area contributed by atoms with Crippen LogP contribution in [0.4, 0.5) is 5.69 Å². The van der Waals surface area contributed by atoms with Crippen LogP contribution >= 0.6 is 46.4 Å². The van der Waals surface area contributed by atoms with Crippen LogP contribution in [0.2, 0.25) is 20.1 Å². The number of amides is 2. The van der Waals surface area contributed by atoms with Gasteiger partial charge < -0.3 is 5.11 Å². The number of rotatable bonds is 2. The van der Waals surface area contributed by atoms with Crippen molar-refractivity contribution in [2.75, 3.05) is 4.90 Å². The lowest BCUT2D eigenvalue weighted by Gasteiger charge is -2.15. The lowest BCUT2D eigenvalue weighted by molar-refractivity contribution is -0.121. The summed E-state index contributed by atoms with van der Waals surface area (Å²) in [6, 6.07) is 8.61. The topological polar surface area (TPSA) is 57.6 Å². The average Bonchev–Trinajstić information content (AvgIpc) is 2.69. The van der Waals surface area contributed by atoms with Crippen molar-refractivity contribution in [3.8, 4) is 0 Å². The number of anilines is 1. The number of benzene rings is 2. The molecule has 0 unspecified atom stereocenters. The molecule has 2 amide bonds. The van der Waals surface area contributed by atoms with E-state index in [1.807, 2.05) is 0 Å². The van der Waals surface area contributed by atoms with Crippen LogP contribution in [0.1, 0.15) is 5.56 Å². The van der Waals surface area contributed by atoms with Crippen molar-refractivity contribution in [1.29, 1.82) is 0 Å². The third-order valence-electron chi connectivity index (χ3n) is 3.37. The number of hydrogen-bond acceptors (Lipinski definition) is 3. The van der Waals surface area contributed by atoms with Crippen molar-refractivity contribution in [2.45, 2.75) is 0 Å². The van der Waals surface area contributed by atoms with E-state index >= 15 is 0 Å². The van der Waals surface area contributed by atoms with Gasteiger partial charge in [0.15, 0.2) is 5.76 Å². The molecule has 3 rings (SSSR count). The lowest BCUT2D eigenvalue weighted by Crippen LogP contribution is -2.31. The van der Waals surface area contributed by atoms with Gasteiger partial charge in [0.1, 0.15) is 0 Å². The van der Waals surface area contributed by atoms with Gasteiger partial charge >= 0.3 is 5.91 Å². The van der Waals surface area contributed by atoms with E-state index < -0.39 is 17.6 Å². The molecule has 2 aromatic rings. The maximum atomic E-state index is 12.7. The Hall–Kier alpha value is -1.72. The molecule has 8 heteroatoms. The standard InChI is InChI=1S/C16H7Cl4NO3/c17-7-1-2-11(12(20)6-7)13-14(22)16(24)21(15(13)23)10-4-8(18)3-9(19)5-10/h1-6,22H. The molecule has 122 valence electrons. The lowest BCUT2D eigenvalue weighted by atomic mass is 10.1. The molecule has 0 aromatic heterocycles. The number of imide groups is 1. The molecule has 24 heavy (non-hydrogen) atoms. The SMILES string of the molecule is O=C1C(O)=C(c2ccc(Cl)cc2Cl)C(=O)N1c1cc(Cl)cc(Cl)c1. The molecule has 0 saturated carbocycles. The maximum Gasteiger partial charge on any atom is 0.301 e. The summed E-state index contributed by atoms with van der Waals surface area (Å²) in [7, 11) is 0. The summed E-state index contributed by atoms with van der Waals surface area (Å²) in [5.41, 5.74) is 0.138. The second-order valence-corrected chi connectivity index (χ2v) is 6.64. The molecule has 1 aliphatic heterocycles. The highest BCUT2D eigenvalue weighted by Gasteiger charge is 2.41. The number of nitrogens with zero attached hydrogens (tertiary/aromatic N) is 1. The molecule has 0 spiro atoms. The van der Waals surface area contributed by atoms with E-state index in [4.69, 9.17) is 46.4 Å². The number of aliphatic hydroxyl groups excluding tert-OH is 1. The molecule has 0 fully saturated rings. The van der Waals surface area contributed by atoms with Gasteiger partial charge in [0, 0.05) is 20.6 Å². The van der Waals surface area contributed by atoms with Gasteiger partial charge in [-0.25, -0.2) is 4.90 Å². The molecule has 1 heterocycles. The Bertz CT molecular complexity index is 903. The molecule has 0 atom stereocenters. The Labute approximate surface area is 156 Å². The molecule has 2 aromatic carbocycles. The summed E-state index contributed by atoms with van der Waals surface area (Å²) in [6.07, 6.45) is 0. The van der Waals surface area contributed by atoms with Crippen molar-refractivity contribution in [2.24, 2.45) is 0 Å². The molecular formula is C16H7Cl4NO3. The van der Waals surface area contributed by atoms with Crippen molar-refractivity contribution < 1.29 is 14.7 Å². The predicted molar refractivity (Wildman–Crippen MR) is 95.0 cm³/mol. The van der Waals surface area contributed by atoms with Crippen LogP contribution in [-0.4, -0.2) is 16.9 Å². The van der Waals surface area contributed by atoms with Crippen molar-refractivity contribution in [3.63, 3.8) is 0 Å². The largest absolute Gasteiger partial charge is 0.502 e. The van der Waals surface area contributed by atoms with Gasteiger partial charge in [0.05, 0.1) is 16.3 Å². The minimum absolute atomic E-state index is 0.135. The molecule has 0 saturated heterocycles. The Morgan fingerprint density at radius 2 is 1.42 bits per heavy atom. The Morgan fingerprint density at radius 3 is 2.00 bits per heavy atom. The number of carbonyl (C=O) groups excluding carboxylic acids is 2. The zero-order valence-corrected chi connectivity index (χ0v) is 14.7. The number of carbonyl (C=O) groups is 2. The first kappa shape index (κ1) is 17.1. The Kier molecular flexibility index (Phi) is 4.49. The highest BCUT2D eigenvalue weighted by molar-refractivity contribution is 6.47. The third-order valence-corrected chi connectivity index (χ3v) is 4.35. The van der Waals surface area contributed by atoms with E-state index in [-0.39, 0.29) is 31.9 Å². The maximum absolute atomic E-state index is 12.7. The van der Waals surface area contributed by atoms with E-state index in [9.17, 15) is 14.7 Å². The summed E-state index contributed by atoms with van der Waals surface area (Å²) in [4.78, 5) is 25.8. The Morgan fingerprint density at radius 1 is 0.792 bits per heavy atom. The zero-order valence-electron chi connectivity index (χ0n) is 11.7. The first-order valence-corrected chi connectivity index (χ1v) is 8.04. The van der Waals surface area contributed by atoms with Gasteiger partial charge in [-0.05, 0) is 30.3 Å². The fourth-order valence-corrected chi connectivity index (χ4v) is 3.37. The monoisotopic (exact) mass is 401 g/mol. The fourth-order valence-electron chi connectivity index (χ4n) is 2.36. The molecule has 4 nitrogen and oxygen atoms in total. The molecule has 0 aliphatic carbocycles. The summed E-state index contributed by atoms with van der Waals surface area (Å²) >= 11 is 23.7. The van der Waals surface area contributed by atoms with Crippen LogP contribution in [0.5, 0.6) is 0 Å². The fraction of sp³-hybridized carbons (Fsp3) is 0. The second kappa shape index (κ2) is 6.30. The number of hydrogen-bond donors (Lipinski definition) is 1. The highest BCUT2D eigenvalue weighted by Crippen LogP contribution is 2.37. The predicted octanol–water partition coefficient (Wildman–Crippen LogP) is 5.14. The molecule has 1 aliphatic rings. The van der Waals surface area contributed by atoms with Gasteiger partial charge in [-0.1, -0.05) is 52.5 Å². The summed E-state index contributed by atoms with van der Waals surface area (Å²) in [5.74, 6) is -2.33. The Balaban J connectivity index is 2.11. The first-order valence-electron chi connectivity index (χ1n) is 6.53. The van der Waals surface area contributed by atoms with E-state index in [0.29, 0.717) is 5.02 Å². The van der Waals surface area contributed by atoms with Gasteiger partial charge in [-0.15, -0.1) is 0 Å². The second-order valence-electron chi connectivity index (χ2n) is 4.92. The third kappa shape index (κ3) is 2.87. The summed E-state index contributed by atoms with van der Waals surface area (Å²) in [5, 5.41) is 11.1. The average molecular weight is 403 g/mol. The van der Waals surface area contributed by atoms with Gasteiger partial charge in [-0.3, -0.25) is 9.59 Å². The number of halogens is 4. The van der Waals surface area contributed by atoms with Crippen LogP contribution in [0.15, 0.2) is 42.2 Å². The molecular weight excluding hydrogens is 396 g/mol. The van der Waals surface area contributed by atoms with Crippen molar-refractivity contribution in [1.82, 2.24) is 0 Å². The molecule has 0 bridgehead atoms. The van der Waals surface area contributed by atoms with Crippen LogP contribution in [0.25, 0.3) is 5.57 Å². The summed E-state index contributed by atoms with van der Waals surface area (Å²) < 4.78 is 0. The van der Waals surface area contributed by atoms with Gasteiger partial charge in [0.25, 0.3) is 5.91 Å². The minimum Gasteiger partial charge on any atom is -0.502 e. The zero-order chi connectivity index (χ0) is 17.6. The van der Waals surface area contributed by atoms with Crippen LogP contribution in [0.3, 0.4) is 0 Å². The quantitative estimate of drug-likeness (QED) is 0.707. The van der Waals surface area contributed by atoms with Gasteiger partial charge in [-0.2, -0.15) is 0 Å². The van der Waals surface area contributed by atoms with Crippen LogP contribution < -0.4 is 4.90 Å². The smallest absolute Gasteiger partial charge is 0.301 e. The highest BCUT2D eigenvalue weighted by atomic mass is 35.5. The van der Waals surface area contributed by atoms with E-state index in [1.165, 1.54) is 36.4 Å². The molecule has 0 radical (unpaired) electrons. The minimum atomic E-state index is -0.889.